The molecule has 0 bridgehead atoms. The van der Waals surface area contributed by atoms with E-state index in [4.69, 9.17) is 18.6 Å². The van der Waals surface area contributed by atoms with Crippen LogP contribution in [0, 0.1) is 0 Å². The number of hydrogen-bond donors (Lipinski definition) is 1. The van der Waals surface area contributed by atoms with Crippen molar-refractivity contribution < 1.29 is 28.2 Å². The fourth-order valence-electron chi connectivity index (χ4n) is 2.85. The van der Waals surface area contributed by atoms with Gasteiger partial charge in [0.2, 0.25) is 0 Å². The van der Waals surface area contributed by atoms with E-state index in [2.05, 4.69) is 5.32 Å². The van der Waals surface area contributed by atoms with Crippen LogP contribution in [0.1, 0.15) is 22.5 Å². The van der Waals surface area contributed by atoms with Gasteiger partial charge in [0, 0.05) is 5.39 Å². The quantitative estimate of drug-likeness (QED) is 0.558. The molecule has 0 aliphatic heterocycles. The molecule has 29 heavy (non-hydrogen) atoms. The van der Waals surface area contributed by atoms with Crippen molar-refractivity contribution in [1.82, 2.24) is 5.32 Å². The number of nitrogens with one attached hydrogen (secondary N) is 1. The molecule has 1 atom stereocenters. The Labute approximate surface area is 168 Å². The number of carbonyl (C=O) groups excluding carboxylic acids is 2. The highest BCUT2D eigenvalue weighted by Gasteiger charge is 2.20. The highest BCUT2D eigenvalue weighted by molar-refractivity contribution is 5.96. The summed E-state index contributed by atoms with van der Waals surface area (Å²) in [5, 5.41) is 3.53. The van der Waals surface area contributed by atoms with Crippen LogP contribution in [-0.4, -0.2) is 38.7 Å². The summed E-state index contributed by atoms with van der Waals surface area (Å²) in [6, 6.07) is 16.0. The Hall–Kier alpha value is -3.32. The fourth-order valence-corrected chi connectivity index (χ4v) is 2.85. The molecule has 0 saturated carbocycles. The molecule has 7 heteroatoms. The first-order chi connectivity index (χ1) is 14.1. The topological polar surface area (TPSA) is 87.0 Å². The molecule has 1 amide bonds. The van der Waals surface area contributed by atoms with Gasteiger partial charge in [-0.1, -0.05) is 30.3 Å². The van der Waals surface area contributed by atoms with Crippen molar-refractivity contribution in [3.8, 4) is 5.75 Å². The molecular formula is C22H23NO6. The van der Waals surface area contributed by atoms with Crippen LogP contribution in [0.5, 0.6) is 5.75 Å². The molecule has 0 aliphatic carbocycles. The molecule has 7 nitrogen and oxygen atoms in total. The molecule has 0 fully saturated rings. The molecule has 1 aromatic heterocycles. The van der Waals surface area contributed by atoms with E-state index < -0.39 is 17.9 Å². The van der Waals surface area contributed by atoms with Gasteiger partial charge in [-0.05, 0) is 29.8 Å². The smallest absolute Gasteiger partial charge is 0.307 e. The number of fused-ring (bicyclic) bond motifs is 1. The Balaban J connectivity index is 1.65. The lowest BCUT2D eigenvalue weighted by molar-refractivity contribution is -0.141. The van der Waals surface area contributed by atoms with Crippen molar-refractivity contribution in [2.24, 2.45) is 0 Å². The highest BCUT2D eigenvalue weighted by Crippen LogP contribution is 2.24. The number of ether oxygens (including phenoxy) is 3. The van der Waals surface area contributed by atoms with Crippen molar-refractivity contribution in [1.29, 1.82) is 0 Å². The molecule has 3 aromatic rings. The van der Waals surface area contributed by atoms with Crippen LogP contribution in [0.4, 0.5) is 0 Å². The van der Waals surface area contributed by atoms with Crippen molar-refractivity contribution in [3.05, 3.63) is 65.9 Å². The van der Waals surface area contributed by atoms with Gasteiger partial charge in [0.25, 0.3) is 5.91 Å². The zero-order chi connectivity index (χ0) is 20.6. The van der Waals surface area contributed by atoms with E-state index in [1.54, 1.807) is 31.4 Å². The number of esters is 1. The molecule has 0 unspecified atom stereocenters. The van der Waals surface area contributed by atoms with E-state index in [0.29, 0.717) is 17.9 Å². The zero-order valence-corrected chi connectivity index (χ0v) is 16.3. The maximum Gasteiger partial charge on any atom is 0.307 e. The fraction of sp³-hybridized carbons (Fsp3) is 0.273. The van der Waals surface area contributed by atoms with Gasteiger partial charge in [-0.15, -0.1) is 0 Å². The maximum absolute atomic E-state index is 12.6. The number of benzene rings is 2. The van der Waals surface area contributed by atoms with Crippen molar-refractivity contribution >= 4 is 22.8 Å². The summed E-state index contributed by atoms with van der Waals surface area (Å²) < 4.78 is 21.2. The van der Waals surface area contributed by atoms with Crippen LogP contribution >= 0.6 is 0 Å². The molecule has 152 valence electrons. The average Bonchev–Trinajstić information content (AvgIpc) is 3.17. The Morgan fingerprint density at radius 1 is 1.07 bits per heavy atom. The van der Waals surface area contributed by atoms with Crippen molar-refractivity contribution in [3.63, 3.8) is 0 Å². The minimum Gasteiger partial charge on any atom is -0.497 e. The third kappa shape index (κ3) is 5.58. The normalized spacial score (nSPS) is 11.8. The lowest BCUT2D eigenvalue weighted by Crippen LogP contribution is -2.39. The Morgan fingerprint density at radius 3 is 2.59 bits per heavy atom. The van der Waals surface area contributed by atoms with Crippen LogP contribution in [0.3, 0.4) is 0 Å². The number of hydrogen-bond acceptors (Lipinski definition) is 6. The van der Waals surface area contributed by atoms with Gasteiger partial charge in [-0.25, -0.2) is 0 Å². The molecular weight excluding hydrogens is 374 g/mol. The van der Waals surface area contributed by atoms with E-state index in [9.17, 15) is 9.59 Å². The van der Waals surface area contributed by atoms with Gasteiger partial charge in [-0.3, -0.25) is 9.59 Å². The van der Waals surface area contributed by atoms with Crippen LogP contribution in [0.25, 0.3) is 11.0 Å². The predicted molar refractivity (Wildman–Crippen MR) is 107 cm³/mol. The van der Waals surface area contributed by atoms with Gasteiger partial charge in [0.1, 0.15) is 11.3 Å². The Bertz CT molecular complexity index is 966. The van der Waals surface area contributed by atoms with Gasteiger partial charge in [-0.2, -0.15) is 0 Å². The zero-order valence-electron chi connectivity index (χ0n) is 16.3. The van der Waals surface area contributed by atoms with Gasteiger partial charge in [0.15, 0.2) is 5.76 Å². The van der Waals surface area contributed by atoms with Gasteiger partial charge in [0.05, 0.1) is 39.9 Å². The summed E-state index contributed by atoms with van der Waals surface area (Å²) in [7, 11) is 2.88. The molecule has 1 heterocycles. The lowest BCUT2D eigenvalue weighted by Gasteiger charge is -2.17. The Kier molecular flexibility index (Phi) is 6.86. The predicted octanol–water partition coefficient (Wildman–Crippen LogP) is 3.32. The Morgan fingerprint density at radius 2 is 1.86 bits per heavy atom. The van der Waals surface area contributed by atoms with Crippen LogP contribution in [-0.2, 0) is 20.9 Å². The molecule has 0 saturated heterocycles. The largest absolute Gasteiger partial charge is 0.497 e. The number of methoxy groups -OCH3 is 2. The van der Waals surface area contributed by atoms with E-state index in [0.717, 1.165) is 10.9 Å². The summed E-state index contributed by atoms with van der Waals surface area (Å²) in [5.74, 6) is -0.0559. The summed E-state index contributed by atoms with van der Waals surface area (Å²) in [6.45, 7) is 0.530. The monoisotopic (exact) mass is 397 g/mol. The van der Waals surface area contributed by atoms with Gasteiger partial charge < -0.3 is 23.9 Å². The van der Waals surface area contributed by atoms with E-state index in [-0.39, 0.29) is 18.8 Å². The molecule has 1 N–H and O–H groups in total. The summed E-state index contributed by atoms with van der Waals surface area (Å²) in [4.78, 5) is 24.4. The summed E-state index contributed by atoms with van der Waals surface area (Å²) in [6.07, 6.45) is -0.00885. The van der Waals surface area contributed by atoms with Gasteiger partial charge >= 0.3 is 5.97 Å². The molecule has 0 aliphatic rings. The SMILES string of the molecule is COC(=O)C[C@@H](COCc1ccccc1)NC(=O)c1cc2cc(OC)ccc2o1. The molecule has 0 spiro atoms. The third-order valence-corrected chi connectivity index (χ3v) is 4.35. The first-order valence-electron chi connectivity index (χ1n) is 9.16. The number of amides is 1. The molecule has 3 rings (SSSR count). The van der Waals surface area contributed by atoms with E-state index in [1.807, 2.05) is 30.3 Å². The van der Waals surface area contributed by atoms with Crippen molar-refractivity contribution in [2.75, 3.05) is 20.8 Å². The van der Waals surface area contributed by atoms with Crippen LogP contribution in [0.15, 0.2) is 59.0 Å². The molecule has 2 aromatic carbocycles. The molecule has 0 radical (unpaired) electrons. The lowest BCUT2D eigenvalue weighted by atomic mass is 10.2. The van der Waals surface area contributed by atoms with Crippen LogP contribution in [0.2, 0.25) is 0 Å². The van der Waals surface area contributed by atoms with E-state index in [1.165, 1.54) is 7.11 Å². The van der Waals surface area contributed by atoms with Crippen molar-refractivity contribution in [2.45, 2.75) is 19.1 Å². The minimum atomic E-state index is -0.554. The number of furan rings is 1. The highest BCUT2D eigenvalue weighted by atomic mass is 16.5. The second kappa shape index (κ2) is 9.75. The second-order valence-electron chi connectivity index (χ2n) is 6.47. The van der Waals surface area contributed by atoms with Crippen LogP contribution < -0.4 is 10.1 Å². The second-order valence-corrected chi connectivity index (χ2v) is 6.47. The third-order valence-electron chi connectivity index (χ3n) is 4.35. The average molecular weight is 397 g/mol. The maximum atomic E-state index is 12.6. The summed E-state index contributed by atoms with van der Waals surface area (Å²) in [5.41, 5.74) is 1.57. The number of carbonyl (C=O) groups is 2. The standard InChI is InChI=1S/C22H23NO6/c1-26-18-8-9-19-16(10-18)11-20(29-19)22(25)23-17(12-21(24)27-2)14-28-13-15-6-4-3-5-7-15/h3-11,17H,12-14H2,1-2H3,(H,23,25)/t17-/m0/s1. The number of rotatable bonds is 9. The first-order valence-corrected chi connectivity index (χ1v) is 9.16. The summed E-state index contributed by atoms with van der Waals surface area (Å²) >= 11 is 0. The minimum absolute atomic E-state index is 0.00885. The first kappa shape index (κ1) is 20.4. The van der Waals surface area contributed by atoms with E-state index >= 15 is 0 Å².